The number of hydrogen-bond acceptors (Lipinski definition) is 3. The van der Waals surface area contributed by atoms with Gasteiger partial charge in [-0.05, 0) is 18.9 Å². The SMILES string of the molecule is CCCC(C)(CN)NC(=O)OCc1ccccc1. The summed E-state index contributed by atoms with van der Waals surface area (Å²) in [5.74, 6) is 0. The smallest absolute Gasteiger partial charge is 0.407 e. The number of nitrogens with two attached hydrogens (primary N) is 1. The zero-order valence-electron chi connectivity index (χ0n) is 11.1. The minimum atomic E-state index is -0.416. The first-order valence-electron chi connectivity index (χ1n) is 6.28. The Kier molecular flexibility index (Phi) is 5.65. The van der Waals surface area contributed by atoms with Crippen molar-refractivity contribution in [3.63, 3.8) is 0 Å². The number of nitrogens with one attached hydrogen (secondary N) is 1. The molecule has 0 spiro atoms. The van der Waals surface area contributed by atoms with Crippen LogP contribution in [0.15, 0.2) is 30.3 Å². The van der Waals surface area contributed by atoms with E-state index in [1.54, 1.807) is 0 Å². The van der Waals surface area contributed by atoms with E-state index in [-0.39, 0.29) is 12.1 Å². The molecule has 0 aromatic heterocycles. The third kappa shape index (κ3) is 4.75. The summed E-state index contributed by atoms with van der Waals surface area (Å²) in [6.45, 7) is 4.67. The average molecular weight is 250 g/mol. The van der Waals surface area contributed by atoms with Gasteiger partial charge < -0.3 is 15.8 Å². The van der Waals surface area contributed by atoms with Gasteiger partial charge in [0.2, 0.25) is 0 Å². The molecule has 0 aliphatic heterocycles. The van der Waals surface area contributed by atoms with Gasteiger partial charge in [-0.1, -0.05) is 43.7 Å². The van der Waals surface area contributed by atoms with Gasteiger partial charge >= 0.3 is 6.09 Å². The first-order valence-corrected chi connectivity index (χ1v) is 6.28. The van der Waals surface area contributed by atoms with E-state index in [1.165, 1.54) is 0 Å². The minimum absolute atomic E-state index is 0.277. The van der Waals surface area contributed by atoms with Crippen molar-refractivity contribution < 1.29 is 9.53 Å². The molecule has 1 aromatic rings. The Morgan fingerprint density at radius 1 is 1.39 bits per heavy atom. The van der Waals surface area contributed by atoms with E-state index in [0.717, 1.165) is 18.4 Å². The zero-order chi connectivity index (χ0) is 13.4. The lowest BCUT2D eigenvalue weighted by atomic mass is 9.97. The lowest BCUT2D eigenvalue weighted by molar-refractivity contribution is 0.127. The van der Waals surface area contributed by atoms with Crippen molar-refractivity contribution in [1.29, 1.82) is 0 Å². The summed E-state index contributed by atoms with van der Waals surface area (Å²) in [4.78, 5) is 11.7. The summed E-state index contributed by atoms with van der Waals surface area (Å²) in [5.41, 5.74) is 6.26. The fraction of sp³-hybridized carbons (Fsp3) is 0.500. The molecular formula is C14H22N2O2. The molecule has 0 fully saturated rings. The molecule has 0 radical (unpaired) electrons. The molecule has 1 rings (SSSR count). The lowest BCUT2D eigenvalue weighted by Gasteiger charge is -2.28. The number of alkyl carbamates (subject to hydrolysis) is 1. The van der Waals surface area contributed by atoms with E-state index < -0.39 is 6.09 Å². The van der Waals surface area contributed by atoms with Crippen molar-refractivity contribution in [2.45, 2.75) is 38.8 Å². The van der Waals surface area contributed by atoms with Gasteiger partial charge in [0.15, 0.2) is 0 Å². The number of carbonyl (C=O) groups is 1. The standard InChI is InChI=1S/C14H22N2O2/c1-3-9-14(2,11-15)16-13(17)18-10-12-7-5-4-6-8-12/h4-8H,3,9-11,15H2,1-2H3,(H,16,17). The predicted octanol–water partition coefficient (Wildman–Crippen LogP) is 2.43. The molecule has 1 amide bonds. The maximum absolute atomic E-state index is 11.7. The summed E-state index contributed by atoms with van der Waals surface area (Å²) in [5, 5.41) is 2.83. The Bertz CT molecular complexity index is 367. The van der Waals surface area contributed by atoms with Gasteiger partial charge in [0.05, 0.1) is 5.54 Å². The number of benzene rings is 1. The van der Waals surface area contributed by atoms with Crippen LogP contribution >= 0.6 is 0 Å². The van der Waals surface area contributed by atoms with Crippen LogP contribution in [0.1, 0.15) is 32.3 Å². The number of carbonyl (C=O) groups excluding carboxylic acids is 1. The Balaban J connectivity index is 2.41. The quantitative estimate of drug-likeness (QED) is 0.815. The molecule has 3 N–H and O–H groups in total. The predicted molar refractivity (Wildman–Crippen MR) is 72.1 cm³/mol. The Labute approximate surface area is 109 Å². The lowest BCUT2D eigenvalue weighted by Crippen LogP contribution is -2.51. The molecule has 0 saturated carbocycles. The molecule has 0 saturated heterocycles. The van der Waals surface area contributed by atoms with Crippen molar-refractivity contribution in [1.82, 2.24) is 5.32 Å². The largest absolute Gasteiger partial charge is 0.445 e. The van der Waals surface area contributed by atoms with Crippen molar-refractivity contribution >= 4 is 6.09 Å². The molecule has 4 nitrogen and oxygen atoms in total. The van der Waals surface area contributed by atoms with Crippen LogP contribution in [0.2, 0.25) is 0 Å². The topological polar surface area (TPSA) is 64.3 Å². The molecule has 0 aliphatic carbocycles. The average Bonchev–Trinajstić information content (AvgIpc) is 2.38. The van der Waals surface area contributed by atoms with Gasteiger partial charge in [-0.15, -0.1) is 0 Å². The van der Waals surface area contributed by atoms with Crippen molar-refractivity contribution in [2.24, 2.45) is 5.73 Å². The van der Waals surface area contributed by atoms with Gasteiger partial charge in [0, 0.05) is 6.54 Å². The van der Waals surface area contributed by atoms with E-state index in [4.69, 9.17) is 10.5 Å². The molecular weight excluding hydrogens is 228 g/mol. The Hall–Kier alpha value is -1.55. The maximum atomic E-state index is 11.7. The summed E-state index contributed by atoms with van der Waals surface area (Å²) in [7, 11) is 0. The molecule has 1 aromatic carbocycles. The first-order chi connectivity index (χ1) is 8.59. The van der Waals surface area contributed by atoms with Gasteiger partial charge in [0.1, 0.15) is 6.61 Å². The second-order valence-electron chi connectivity index (χ2n) is 4.70. The maximum Gasteiger partial charge on any atom is 0.407 e. The highest BCUT2D eigenvalue weighted by Crippen LogP contribution is 2.11. The van der Waals surface area contributed by atoms with Crippen LogP contribution in [0.4, 0.5) is 4.79 Å². The first kappa shape index (κ1) is 14.5. The van der Waals surface area contributed by atoms with E-state index in [9.17, 15) is 4.79 Å². The molecule has 18 heavy (non-hydrogen) atoms. The van der Waals surface area contributed by atoms with Gasteiger partial charge in [-0.3, -0.25) is 0 Å². The van der Waals surface area contributed by atoms with Crippen LogP contribution < -0.4 is 11.1 Å². The normalized spacial score (nSPS) is 13.7. The minimum Gasteiger partial charge on any atom is -0.445 e. The van der Waals surface area contributed by atoms with Gasteiger partial charge in [0.25, 0.3) is 0 Å². The summed E-state index contributed by atoms with van der Waals surface area (Å²) >= 11 is 0. The van der Waals surface area contributed by atoms with E-state index in [2.05, 4.69) is 12.2 Å². The highest BCUT2D eigenvalue weighted by Gasteiger charge is 2.24. The van der Waals surface area contributed by atoms with Gasteiger partial charge in [-0.25, -0.2) is 4.79 Å². The van der Waals surface area contributed by atoms with E-state index >= 15 is 0 Å². The molecule has 1 atom stereocenters. The summed E-state index contributed by atoms with van der Waals surface area (Å²) < 4.78 is 5.17. The summed E-state index contributed by atoms with van der Waals surface area (Å²) in [6.07, 6.45) is 1.39. The second kappa shape index (κ2) is 7.01. The van der Waals surface area contributed by atoms with Crippen LogP contribution in [-0.4, -0.2) is 18.2 Å². The number of amides is 1. The van der Waals surface area contributed by atoms with Crippen LogP contribution in [0.25, 0.3) is 0 Å². The number of hydrogen-bond donors (Lipinski definition) is 2. The highest BCUT2D eigenvalue weighted by molar-refractivity contribution is 5.68. The molecule has 0 bridgehead atoms. The van der Waals surface area contributed by atoms with Crippen molar-refractivity contribution in [3.05, 3.63) is 35.9 Å². The van der Waals surface area contributed by atoms with Gasteiger partial charge in [-0.2, -0.15) is 0 Å². The van der Waals surface area contributed by atoms with E-state index in [1.807, 2.05) is 37.3 Å². The zero-order valence-corrected chi connectivity index (χ0v) is 11.1. The van der Waals surface area contributed by atoms with Crippen LogP contribution in [0.3, 0.4) is 0 Å². The molecule has 0 heterocycles. The Morgan fingerprint density at radius 2 is 2.06 bits per heavy atom. The molecule has 1 unspecified atom stereocenters. The molecule has 100 valence electrons. The van der Waals surface area contributed by atoms with Crippen LogP contribution in [-0.2, 0) is 11.3 Å². The van der Waals surface area contributed by atoms with Crippen molar-refractivity contribution in [2.75, 3.05) is 6.54 Å². The Morgan fingerprint density at radius 3 is 2.61 bits per heavy atom. The second-order valence-corrected chi connectivity index (χ2v) is 4.70. The number of ether oxygens (including phenoxy) is 1. The fourth-order valence-electron chi connectivity index (χ4n) is 1.77. The monoisotopic (exact) mass is 250 g/mol. The molecule has 4 heteroatoms. The van der Waals surface area contributed by atoms with E-state index in [0.29, 0.717) is 6.54 Å². The van der Waals surface area contributed by atoms with Crippen LogP contribution in [0.5, 0.6) is 0 Å². The third-order valence-corrected chi connectivity index (χ3v) is 2.87. The number of rotatable bonds is 6. The van der Waals surface area contributed by atoms with Crippen LogP contribution in [0, 0.1) is 0 Å². The summed E-state index contributed by atoms with van der Waals surface area (Å²) in [6, 6.07) is 9.59. The fourth-order valence-corrected chi connectivity index (χ4v) is 1.77. The molecule has 0 aliphatic rings. The van der Waals surface area contributed by atoms with Crippen molar-refractivity contribution in [3.8, 4) is 0 Å². The highest BCUT2D eigenvalue weighted by atomic mass is 16.5. The third-order valence-electron chi connectivity index (χ3n) is 2.87.